The SMILES string of the molecule is O=C(O)N1c2cccnc2NC1c1cnn2ccccc12. The van der Waals surface area contributed by atoms with E-state index in [4.69, 9.17) is 0 Å². The van der Waals surface area contributed by atoms with Crippen molar-refractivity contribution in [1.82, 2.24) is 14.6 Å². The van der Waals surface area contributed by atoms with Crippen LogP contribution in [0.1, 0.15) is 11.7 Å². The van der Waals surface area contributed by atoms with E-state index in [0.29, 0.717) is 11.5 Å². The third-order valence-corrected chi connectivity index (χ3v) is 3.53. The van der Waals surface area contributed by atoms with E-state index in [-0.39, 0.29) is 0 Å². The van der Waals surface area contributed by atoms with Crippen LogP contribution in [0.25, 0.3) is 5.52 Å². The van der Waals surface area contributed by atoms with Crippen LogP contribution in [0.2, 0.25) is 0 Å². The number of anilines is 2. The van der Waals surface area contributed by atoms with Crippen molar-refractivity contribution in [2.75, 3.05) is 10.2 Å². The summed E-state index contributed by atoms with van der Waals surface area (Å²) in [6.45, 7) is 0. The maximum Gasteiger partial charge on any atom is 0.413 e. The number of carbonyl (C=O) groups is 1. The number of hydrogen-bond acceptors (Lipinski definition) is 4. The summed E-state index contributed by atoms with van der Waals surface area (Å²) in [5.41, 5.74) is 2.19. The van der Waals surface area contributed by atoms with Crippen LogP contribution < -0.4 is 10.2 Å². The molecule has 2 N–H and O–H groups in total. The molecule has 3 aromatic rings. The first-order valence-corrected chi connectivity index (χ1v) is 6.41. The zero-order valence-electron chi connectivity index (χ0n) is 10.8. The topological polar surface area (TPSA) is 82.8 Å². The van der Waals surface area contributed by atoms with E-state index in [9.17, 15) is 9.90 Å². The van der Waals surface area contributed by atoms with Gasteiger partial charge in [-0.2, -0.15) is 5.10 Å². The first-order chi connectivity index (χ1) is 10.3. The summed E-state index contributed by atoms with van der Waals surface area (Å²) in [7, 11) is 0. The lowest BCUT2D eigenvalue weighted by Gasteiger charge is -2.20. The van der Waals surface area contributed by atoms with Gasteiger partial charge in [0.1, 0.15) is 6.17 Å². The molecule has 7 heteroatoms. The van der Waals surface area contributed by atoms with Crippen molar-refractivity contribution in [3.8, 4) is 0 Å². The molecular weight excluding hydrogens is 270 g/mol. The van der Waals surface area contributed by atoms with Crippen LogP contribution in [0.3, 0.4) is 0 Å². The molecule has 21 heavy (non-hydrogen) atoms. The van der Waals surface area contributed by atoms with Gasteiger partial charge >= 0.3 is 6.09 Å². The van der Waals surface area contributed by atoms with Gasteiger partial charge in [-0.1, -0.05) is 6.07 Å². The molecule has 0 aromatic carbocycles. The Kier molecular flexibility index (Phi) is 2.34. The average Bonchev–Trinajstić information content (AvgIpc) is 3.08. The molecule has 0 aliphatic carbocycles. The highest BCUT2D eigenvalue weighted by atomic mass is 16.4. The molecule has 3 aromatic heterocycles. The van der Waals surface area contributed by atoms with Crippen LogP contribution in [0, 0.1) is 0 Å². The number of amides is 1. The predicted molar refractivity (Wildman–Crippen MR) is 76.3 cm³/mol. The summed E-state index contributed by atoms with van der Waals surface area (Å²) in [5.74, 6) is 0.556. The number of nitrogens with one attached hydrogen (secondary N) is 1. The van der Waals surface area contributed by atoms with Crippen LogP contribution in [-0.2, 0) is 0 Å². The minimum absolute atomic E-state index is 0.535. The predicted octanol–water partition coefficient (Wildman–Crippen LogP) is 2.34. The number of nitrogens with zero attached hydrogens (tertiary/aromatic N) is 4. The molecule has 0 saturated carbocycles. The monoisotopic (exact) mass is 281 g/mol. The van der Waals surface area contributed by atoms with E-state index in [1.54, 1.807) is 29.0 Å². The number of carboxylic acid groups (broad SMARTS) is 1. The Morgan fingerprint density at radius 3 is 3.05 bits per heavy atom. The number of rotatable bonds is 1. The fraction of sp³-hybridized carbons (Fsp3) is 0.0714. The van der Waals surface area contributed by atoms with Gasteiger partial charge in [-0.15, -0.1) is 0 Å². The second kappa shape index (κ2) is 4.20. The van der Waals surface area contributed by atoms with E-state index in [0.717, 1.165) is 11.1 Å². The number of aromatic nitrogens is 3. The molecule has 1 aliphatic heterocycles. The minimum atomic E-state index is -1.03. The smallest absolute Gasteiger partial charge is 0.413 e. The lowest BCUT2D eigenvalue weighted by Crippen LogP contribution is -2.32. The highest BCUT2D eigenvalue weighted by molar-refractivity contribution is 5.95. The van der Waals surface area contributed by atoms with E-state index in [1.807, 2.05) is 24.4 Å². The van der Waals surface area contributed by atoms with Gasteiger partial charge in [-0.3, -0.25) is 0 Å². The van der Waals surface area contributed by atoms with Gasteiger partial charge in [0, 0.05) is 18.0 Å². The Labute approximate surface area is 119 Å². The van der Waals surface area contributed by atoms with Crippen LogP contribution in [0.4, 0.5) is 16.3 Å². The molecule has 7 nitrogen and oxygen atoms in total. The lowest BCUT2D eigenvalue weighted by molar-refractivity contribution is 0.200. The van der Waals surface area contributed by atoms with Crippen molar-refractivity contribution in [2.24, 2.45) is 0 Å². The van der Waals surface area contributed by atoms with Crippen molar-refractivity contribution in [3.05, 3.63) is 54.5 Å². The summed E-state index contributed by atoms with van der Waals surface area (Å²) in [5, 5.41) is 16.9. The largest absolute Gasteiger partial charge is 0.465 e. The molecule has 4 heterocycles. The van der Waals surface area contributed by atoms with Gasteiger partial charge in [0.05, 0.1) is 17.4 Å². The van der Waals surface area contributed by atoms with Crippen molar-refractivity contribution in [1.29, 1.82) is 0 Å². The van der Waals surface area contributed by atoms with Gasteiger partial charge < -0.3 is 10.4 Å². The minimum Gasteiger partial charge on any atom is -0.465 e. The first-order valence-electron chi connectivity index (χ1n) is 6.41. The Morgan fingerprint density at radius 1 is 1.29 bits per heavy atom. The quantitative estimate of drug-likeness (QED) is 0.715. The van der Waals surface area contributed by atoms with E-state index < -0.39 is 12.3 Å². The third kappa shape index (κ3) is 1.64. The molecule has 0 bridgehead atoms. The van der Waals surface area contributed by atoms with Gasteiger partial charge in [0.15, 0.2) is 5.82 Å². The van der Waals surface area contributed by atoms with Crippen molar-refractivity contribution >= 4 is 23.1 Å². The molecule has 0 radical (unpaired) electrons. The fourth-order valence-electron chi connectivity index (χ4n) is 2.63. The van der Waals surface area contributed by atoms with Crippen molar-refractivity contribution < 1.29 is 9.90 Å². The number of hydrogen-bond donors (Lipinski definition) is 2. The first kappa shape index (κ1) is 11.7. The zero-order valence-corrected chi connectivity index (χ0v) is 10.8. The van der Waals surface area contributed by atoms with Gasteiger partial charge in [-0.05, 0) is 24.3 Å². The Hall–Kier alpha value is -3.09. The van der Waals surface area contributed by atoms with Crippen LogP contribution in [0.5, 0.6) is 0 Å². The molecular formula is C14H11N5O2. The molecule has 1 amide bonds. The number of fused-ring (bicyclic) bond motifs is 2. The van der Waals surface area contributed by atoms with Crippen molar-refractivity contribution in [3.63, 3.8) is 0 Å². The van der Waals surface area contributed by atoms with E-state index in [1.165, 1.54) is 4.90 Å². The highest BCUT2D eigenvalue weighted by Gasteiger charge is 2.36. The molecule has 0 fully saturated rings. The van der Waals surface area contributed by atoms with Crippen LogP contribution in [-0.4, -0.2) is 25.8 Å². The Morgan fingerprint density at radius 2 is 2.19 bits per heavy atom. The fourth-order valence-corrected chi connectivity index (χ4v) is 2.63. The zero-order chi connectivity index (χ0) is 14.4. The summed E-state index contributed by atoms with van der Waals surface area (Å²) < 4.78 is 1.72. The van der Waals surface area contributed by atoms with E-state index in [2.05, 4.69) is 15.4 Å². The van der Waals surface area contributed by atoms with E-state index >= 15 is 0 Å². The van der Waals surface area contributed by atoms with Crippen LogP contribution >= 0.6 is 0 Å². The molecule has 4 rings (SSSR count). The maximum atomic E-state index is 11.6. The lowest BCUT2D eigenvalue weighted by atomic mass is 10.2. The molecule has 0 saturated heterocycles. The number of pyridine rings is 2. The Bertz CT molecular complexity index is 844. The molecule has 0 spiro atoms. The molecule has 1 unspecified atom stereocenters. The highest BCUT2D eigenvalue weighted by Crippen LogP contribution is 2.40. The third-order valence-electron chi connectivity index (χ3n) is 3.53. The van der Waals surface area contributed by atoms with Crippen molar-refractivity contribution in [2.45, 2.75) is 6.17 Å². The van der Waals surface area contributed by atoms with Crippen LogP contribution in [0.15, 0.2) is 48.9 Å². The summed E-state index contributed by atoms with van der Waals surface area (Å²) in [4.78, 5) is 17.1. The Balaban J connectivity index is 1.87. The molecule has 1 atom stereocenters. The van der Waals surface area contributed by atoms with Gasteiger partial charge in [0.2, 0.25) is 0 Å². The summed E-state index contributed by atoms with van der Waals surface area (Å²) >= 11 is 0. The second-order valence-electron chi connectivity index (χ2n) is 4.70. The van der Waals surface area contributed by atoms with Gasteiger partial charge in [-0.25, -0.2) is 19.2 Å². The summed E-state index contributed by atoms with van der Waals surface area (Å²) in [6, 6.07) is 9.12. The molecule has 104 valence electrons. The molecule has 1 aliphatic rings. The maximum absolute atomic E-state index is 11.6. The normalized spacial score (nSPS) is 16.8. The summed E-state index contributed by atoms with van der Waals surface area (Å²) in [6.07, 6.45) is 3.56. The standard InChI is InChI=1S/C14H11N5O2/c20-14(21)19-11-5-3-6-15-12(11)17-13(19)9-8-16-18-7-2-1-4-10(9)18/h1-8,13H,(H,15,17)(H,20,21). The van der Waals surface area contributed by atoms with Gasteiger partial charge in [0.25, 0.3) is 0 Å². The second-order valence-corrected chi connectivity index (χ2v) is 4.70. The average molecular weight is 281 g/mol.